The van der Waals surface area contributed by atoms with E-state index in [-0.39, 0.29) is 23.7 Å². The topological polar surface area (TPSA) is 98.6 Å². The van der Waals surface area contributed by atoms with Crippen LogP contribution in [0.15, 0.2) is 59.6 Å². The number of benzene rings is 2. The van der Waals surface area contributed by atoms with E-state index in [4.69, 9.17) is 9.47 Å². The van der Waals surface area contributed by atoms with Crippen LogP contribution in [-0.2, 0) is 22.6 Å². The van der Waals surface area contributed by atoms with Gasteiger partial charge in [-0.1, -0.05) is 29.5 Å². The molecule has 0 unspecified atom stereocenters. The molecule has 2 heterocycles. The van der Waals surface area contributed by atoms with Crippen LogP contribution in [0.5, 0.6) is 5.75 Å². The van der Waals surface area contributed by atoms with Crippen LogP contribution in [0.1, 0.15) is 34.1 Å². The predicted octanol–water partition coefficient (Wildman–Crippen LogP) is 2.93. The molecule has 1 aliphatic rings. The molecule has 1 aromatic heterocycles. The van der Waals surface area contributed by atoms with Gasteiger partial charge < -0.3 is 14.8 Å². The van der Waals surface area contributed by atoms with Crippen LogP contribution >= 0.6 is 11.8 Å². The van der Waals surface area contributed by atoms with Crippen LogP contribution in [0.2, 0.25) is 0 Å². The molecule has 10 heteroatoms. The molecule has 2 atom stereocenters. The lowest BCUT2D eigenvalue weighted by Gasteiger charge is -2.23. The molecule has 2 aromatic carbocycles. The maximum atomic E-state index is 13.3. The highest BCUT2D eigenvalue weighted by Crippen LogP contribution is 2.29. The lowest BCUT2D eigenvalue weighted by molar-refractivity contribution is -0.125. The van der Waals surface area contributed by atoms with Crippen molar-refractivity contribution < 1.29 is 19.1 Å². The van der Waals surface area contributed by atoms with Crippen LogP contribution in [0.3, 0.4) is 0 Å². The Morgan fingerprint density at radius 1 is 1.09 bits per heavy atom. The van der Waals surface area contributed by atoms with Gasteiger partial charge >= 0.3 is 5.97 Å². The first-order chi connectivity index (χ1) is 17.0. The van der Waals surface area contributed by atoms with Gasteiger partial charge in [0.25, 0.3) is 0 Å². The summed E-state index contributed by atoms with van der Waals surface area (Å²) in [7, 11) is 2.93. The zero-order chi connectivity index (χ0) is 24.8. The number of esters is 1. The average Bonchev–Trinajstić information content (AvgIpc) is 3.55. The van der Waals surface area contributed by atoms with Crippen LogP contribution in [-0.4, -0.2) is 64.8 Å². The number of rotatable bonds is 9. The third kappa shape index (κ3) is 6.01. The molecular weight excluding hydrogens is 466 g/mol. The standard InChI is InChI=1S/C25H29N5O4S/c1-33-20-8-4-17(5-9-20)13-26-24(31)23-12-19(30-16-22(27-28-30)25(32)34-2)15-29(23)14-18-6-10-21(35-3)11-7-18/h4-11,16,19,23H,12-15H2,1-3H3,(H,26,31)/t19-,23-/m0/s1. The maximum Gasteiger partial charge on any atom is 0.360 e. The molecule has 1 fully saturated rings. The van der Waals surface area contributed by atoms with Gasteiger partial charge in [-0.05, 0) is 48.1 Å². The van der Waals surface area contributed by atoms with Gasteiger partial charge in [-0.25, -0.2) is 9.48 Å². The molecule has 0 radical (unpaired) electrons. The van der Waals surface area contributed by atoms with Crippen molar-refractivity contribution in [2.24, 2.45) is 0 Å². The molecule has 1 saturated heterocycles. The number of nitrogens with one attached hydrogen (secondary N) is 1. The van der Waals surface area contributed by atoms with Gasteiger partial charge in [0.15, 0.2) is 5.69 Å². The predicted molar refractivity (Wildman–Crippen MR) is 132 cm³/mol. The second-order valence-electron chi connectivity index (χ2n) is 8.32. The SMILES string of the molecule is COC(=O)c1cn([C@H]2C[C@@H](C(=O)NCc3ccc(OC)cc3)N(Cc3ccc(SC)cc3)C2)nn1. The van der Waals surface area contributed by atoms with E-state index in [1.807, 2.05) is 30.5 Å². The number of aromatic nitrogens is 3. The molecule has 0 spiro atoms. The van der Waals surface area contributed by atoms with Crippen molar-refractivity contribution in [2.45, 2.75) is 36.5 Å². The Morgan fingerprint density at radius 2 is 1.80 bits per heavy atom. The summed E-state index contributed by atoms with van der Waals surface area (Å²) in [6.45, 7) is 1.66. The van der Waals surface area contributed by atoms with Crippen molar-refractivity contribution in [3.63, 3.8) is 0 Å². The zero-order valence-electron chi connectivity index (χ0n) is 20.0. The highest BCUT2D eigenvalue weighted by atomic mass is 32.2. The van der Waals surface area contributed by atoms with Crippen LogP contribution in [0.4, 0.5) is 0 Å². The Hall–Kier alpha value is -3.37. The van der Waals surface area contributed by atoms with Gasteiger partial charge in [0.1, 0.15) is 5.75 Å². The van der Waals surface area contributed by atoms with E-state index in [9.17, 15) is 9.59 Å². The molecule has 4 rings (SSSR count). The summed E-state index contributed by atoms with van der Waals surface area (Å²) in [5, 5.41) is 11.1. The van der Waals surface area contributed by atoms with Gasteiger partial charge in [-0.3, -0.25) is 9.69 Å². The number of carbonyl (C=O) groups excluding carboxylic acids is 2. The smallest absolute Gasteiger partial charge is 0.360 e. The van der Waals surface area contributed by atoms with Crippen LogP contribution in [0.25, 0.3) is 0 Å². The second kappa shape index (κ2) is 11.4. The minimum absolute atomic E-state index is 0.0441. The molecule has 0 saturated carbocycles. The fourth-order valence-electron chi connectivity index (χ4n) is 4.19. The Morgan fingerprint density at radius 3 is 2.46 bits per heavy atom. The maximum absolute atomic E-state index is 13.3. The Bertz CT molecular complexity index is 1150. The van der Waals surface area contributed by atoms with Gasteiger partial charge in [0.2, 0.25) is 5.91 Å². The largest absolute Gasteiger partial charge is 0.497 e. The quantitative estimate of drug-likeness (QED) is 0.357. The van der Waals surface area contributed by atoms with Gasteiger partial charge in [0, 0.05) is 24.5 Å². The summed E-state index contributed by atoms with van der Waals surface area (Å²) in [5.74, 6) is 0.197. The summed E-state index contributed by atoms with van der Waals surface area (Å²) < 4.78 is 11.6. The highest BCUT2D eigenvalue weighted by Gasteiger charge is 2.38. The number of carbonyl (C=O) groups is 2. The minimum atomic E-state index is -0.534. The molecular formula is C25H29N5O4S. The first kappa shape index (κ1) is 24.7. The fourth-order valence-corrected chi connectivity index (χ4v) is 4.60. The molecule has 1 amide bonds. The Kier molecular flexibility index (Phi) is 8.04. The molecule has 1 aliphatic heterocycles. The van der Waals surface area contributed by atoms with E-state index < -0.39 is 5.97 Å². The van der Waals surface area contributed by atoms with Crippen molar-refractivity contribution >= 4 is 23.6 Å². The average molecular weight is 496 g/mol. The van der Waals surface area contributed by atoms with E-state index in [1.165, 1.54) is 12.0 Å². The first-order valence-corrected chi connectivity index (χ1v) is 12.5. The van der Waals surface area contributed by atoms with E-state index in [1.54, 1.807) is 29.8 Å². The summed E-state index contributed by atoms with van der Waals surface area (Å²) in [6, 6.07) is 15.6. The number of amides is 1. The zero-order valence-corrected chi connectivity index (χ0v) is 20.8. The van der Waals surface area contributed by atoms with E-state index >= 15 is 0 Å². The number of nitrogens with zero attached hydrogens (tertiary/aromatic N) is 4. The molecule has 9 nitrogen and oxygen atoms in total. The third-order valence-corrected chi connectivity index (χ3v) is 6.88. The Balaban J connectivity index is 1.48. The van der Waals surface area contributed by atoms with Crippen molar-refractivity contribution in [1.29, 1.82) is 0 Å². The number of thioether (sulfide) groups is 1. The monoisotopic (exact) mass is 495 g/mol. The summed E-state index contributed by atoms with van der Waals surface area (Å²) in [6.07, 6.45) is 4.19. The number of ether oxygens (including phenoxy) is 2. The summed E-state index contributed by atoms with van der Waals surface area (Å²) in [5.41, 5.74) is 2.27. The summed E-state index contributed by atoms with van der Waals surface area (Å²) in [4.78, 5) is 28.4. The normalized spacial score (nSPS) is 17.8. The lowest BCUT2D eigenvalue weighted by Crippen LogP contribution is -2.42. The number of methoxy groups -OCH3 is 2. The van der Waals surface area contributed by atoms with Crippen LogP contribution < -0.4 is 10.1 Å². The molecule has 0 bridgehead atoms. The van der Waals surface area contributed by atoms with Gasteiger partial charge in [-0.15, -0.1) is 16.9 Å². The Labute approximate surface area is 208 Å². The number of hydrogen-bond acceptors (Lipinski definition) is 8. The van der Waals surface area contributed by atoms with E-state index in [0.717, 1.165) is 16.9 Å². The van der Waals surface area contributed by atoms with Crippen LogP contribution in [0, 0.1) is 0 Å². The minimum Gasteiger partial charge on any atom is -0.497 e. The fraction of sp³-hybridized carbons (Fsp3) is 0.360. The molecule has 35 heavy (non-hydrogen) atoms. The number of hydrogen-bond donors (Lipinski definition) is 1. The highest BCUT2D eigenvalue weighted by molar-refractivity contribution is 7.98. The molecule has 184 valence electrons. The third-order valence-electron chi connectivity index (χ3n) is 6.13. The van der Waals surface area contributed by atoms with Gasteiger partial charge in [0.05, 0.1) is 32.5 Å². The lowest BCUT2D eigenvalue weighted by atomic mass is 10.1. The van der Waals surface area contributed by atoms with E-state index in [0.29, 0.717) is 26.1 Å². The molecule has 1 N–H and O–H groups in total. The van der Waals surface area contributed by atoms with Crippen molar-refractivity contribution in [2.75, 3.05) is 27.0 Å². The van der Waals surface area contributed by atoms with Gasteiger partial charge in [-0.2, -0.15) is 0 Å². The van der Waals surface area contributed by atoms with E-state index in [2.05, 4.69) is 44.8 Å². The number of likely N-dealkylation sites (tertiary alicyclic amines) is 1. The van der Waals surface area contributed by atoms with Crippen molar-refractivity contribution in [1.82, 2.24) is 25.2 Å². The summed E-state index contributed by atoms with van der Waals surface area (Å²) >= 11 is 1.69. The molecule has 0 aliphatic carbocycles. The van der Waals surface area contributed by atoms with Crippen molar-refractivity contribution in [3.05, 3.63) is 71.5 Å². The first-order valence-electron chi connectivity index (χ1n) is 11.3. The molecule has 3 aromatic rings. The van der Waals surface area contributed by atoms with Crippen molar-refractivity contribution in [3.8, 4) is 5.75 Å². The second-order valence-corrected chi connectivity index (χ2v) is 9.20.